The molecule has 1 aromatic heterocycles. The van der Waals surface area contributed by atoms with Crippen LogP contribution in [0, 0.1) is 19.7 Å². The number of nitrogens with zero attached hydrogens (tertiary/aromatic N) is 1. The number of halogens is 1. The van der Waals surface area contributed by atoms with Crippen LogP contribution in [-0.4, -0.2) is 40.5 Å². The molecule has 0 radical (unpaired) electrons. The molecular formula is C27H28FNO4. The normalized spacial score (nSPS) is 13.2. The molecule has 0 saturated heterocycles. The van der Waals surface area contributed by atoms with Gasteiger partial charge in [-0.05, 0) is 37.1 Å². The van der Waals surface area contributed by atoms with Crippen molar-refractivity contribution >= 4 is 12.0 Å². The van der Waals surface area contributed by atoms with Crippen LogP contribution in [0.15, 0.2) is 60.7 Å². The second kappa shape index (κ2) is 11.0. The molecule has 0 aliphatic rings. The number of carbonyl (C=O) groups is 1. The first-order valence-corrected chi connectivity index (χ1v) is 10.7. The predicted molar refractivity (Wildman–Crippen MR) is 127 cm³/mol. The molecule has 33 heavy (non-hydrogen) atoms. The Morgan fingerprint density at radius 3 is 2.27 bits per heavy atom. The molecule has 2 atom stereocenters. The maximum atomic E-state index is 13.7. The molecule has 0 spiro atoms. The fraction of sp³-hybridized carbons (Fsp3) is 0.259. The number of benzene rings is 2. The summed E-state index contributed by atoms with van der Waals surface area (Å²) in [4.78, 5) is 16.1. The van der Waals surface area contributed by atoms with E-state index in [9.17, 15) is 19.4 Å². The standard InChI is InChI=1S/C27H28FNO4/c1-17-24(14-13-22(30)15-23(31)16-25(32)33-3)27(20-9-11-21(28)12-10-20)26(18(2)29-17)19-7-5-4-6-8-19/h4-14,22-23,30-31H,15-16H2,1-3H3. The minimum Gasteiger partial charge on any atom is -0.469 e. The molecular weight excluding hydrogens is 421 g/mol. The average Bonchev–Trinajstić information content (AvgIpc) is 2.79. The largest absolute Gasteiger partial charge is 0.469 e. The van der Waals surface area contributed by atoms with E-state index in [2.05, 4.69) is 4.74 Å². The van der Waals surface area contributed by atoms with Crippen molar-refractivity contribution < 1.29 is 24.1 Å². The molecule has 6 heteroatoms. The van der Waals surface area contributed by atoms with Crippen LogP contribution in [0.25, 0.3) is 28.3 Å². The minimum atomic E-state index is -1.02. The van der Waals surface area contributed by atoms with Crippen molar-refractivity contribution in [2.24, 2.45) is 0 Å². The van der Waals surface area contributed by atoms with Crippen LogP contribution in [-0.2, 0) is 9.53 Å². The van der Waals surface area contributed by atoms with Crippen LogP contribution < -0.4 is 0 Å². The summed E-state index contributed by atoms with van der Waals surface area (Å²) in [5, 5.41) is 20.4. The van der Waals surface area contributed by atoms with Crippen molar-refractivity contribution in [3.05, 3.63) is 83.4 Å². The minimum absolute atomic E-state index is 0.0125. The van der Waals surface area contributed by atoms with Gasteiger partial charge in [0.2, 0.25) is 0 Å². The number of hydrogen-bond donors (Lipinski definition) is 2. The predicted octanol–water partition coefficient (Wildman–Crippen LogP) is 4.86. The summed E-state index contributed by atoms with van der Waals surface area (Å²) >= 11 is 0. The van der Waals surface area contributed by atoms with Gasteiger partial charge in [-0.3, -0.25) is 9.78 Å². The summed E-state index contributed by atoms with van der Waals surface area (Å²) in [7, 11) is 1.25. The molecule has 0 amide bonds. The van der Waals surface area contributed by atoms with Gasteiger partial charge in [0, 0.05) is 34.5 Å². The van der Waals surface area contributed by atoms with Gasteiger partial charge < -0.3 is 14.9 Å². The van der Waals surface area contributed by atoms with E-state index >= 15 is 0 Å². The summed E-state index contributed by atoms with van der Waals surface area (Å²) in [6.45, 7) is 3.82. The van der Waals surface area contributed by atoms with Crippen LogP contribution in [0.1, 0.15) is 29.8 Å². The molecule has 2 N–H and O–H groups in total. The molecule has 2 unspecified atom stereocenters. The first-order valence-electron chi connectivity index (χ1n) is 10.7. The summed E-state index contributed by atoms with van der Waals surface area (Å²) in [6, 6.07) is 16.1. The molecule has 3 aromatic rings. The first kappa shape index (κ1) is 24.3. The molecule has 0 fully saturated rings. The van der Waals surface area contributed by atoms with Gasteiger partial charge in [-0.2, -0.15) is 0 Å². The molecule has 2 aromatic carbocycles. The van der Waals surface area contributed by atoms with E-state index in [1.54, 1.807) is 24.3 Å². The fourth-order valence-electron chi connectivity index (χ4n) is 3.87. The third-order valence-electron chi connectivity index (χ3n) is 5.43. The Morgan fingerprint density at radius 1 is 1.00 bits per heavy atom. The highest BCUT2D eigenvalue weighted by Gasteiger charge is 2.19. The third-order valence-corrected chi connectivity index (χ3v) is 5.43. The number of ether oxygens (including phenoxy) is 1. The van der Waals surface area contributed by atoms with Gasteiger partial charge in [0.1, 0.15) is 5.82 Å². The lowest BCUT2D eigenvalue weighted by Crippen LogP contribution is -2.20. The zero-order valence-electron chi connectivity index (χ0n) is 19.0. The number of pyridine rings is 1. The number of carbonyl (C=O) groups excluding carboxylic acids is 1. The molecule has 5 nitrogen and oxygen atoms in total. The molecule has 1 heterocycles. The smallest absolute Gasteiger partial charge is 0.308 e. The van der Waals surface area contributed by atoms with Gasteiger partial charge in [0.05, 0.1) is 25.7 Å². The zero-order chi connectivity index (χ0) is 24.0. The van der Waals surface area contributed by atoms with Gasteiger partial charge >= 0.3 is 5.97 Å². The maximum Gasteiger partial charge on any atom is 0.308 e. The van der Waals surface area contributed by atoms with Crippen molar-refractivity contribution in [3.8, 4) is 22.3 Å². The van der Waals surface area contributed by atoms with Crippen LogP contribution >= 0.6 is 0 Å². The Morgan fingerprint density at radius 2 is 1.64 bits per heavy atom. The van der Waals surface area contributed by atoms with E-state index in [1.807, 2.05) is 44.2 Å². The Kier molecular flexibility index (Phi) is 8.09. The van der Waals surface area contributed by atoms with E-state index in [4.69, 9.17) is 4.98 Å². The molecule has 0 saturated carbocycles. The number of hydrogen-bond acceptors (Lipinski definition) is 5. The van der Waals surface area contributed by atoms with Crippen LogP contribution in [0.3, 0.4) is 0 Å². The van der Waals surface area contributed by atoms with E-state index in [0.717, 1.165) is 39.2 Å². The number of methoxy groups -OCH3 is 1. The van der Waals surface area contributed by atoms with Gasteiger partial charge in [-0.15, -0.1) is 0 Å². The summed E-state index contributed by atoms with van der Waals surface area (Å²) < 4.78 is 18.2. The zero-order valence-corrected chi connectivity index (χ0v) is 19.0. The average molecular weight is 450 g/mol. The highest BCUT2D eigenvalue weighted by atomic mass is 19.1. The Bertz CT molecular complexity index is 1130. The summed E-state index contributed by atoms with van der Waals surface area (Å²) in [5.74, 6) is -0.863. The maximum absolute atomic E-state index is 13.7. The quantitative estimate of drug-likeness (QED) is 0.480. The number of aromatic nitrogens is 1. The second-order valence-electron chi connectivity index (χ2n) is 7.92. The van der Waals surface area contributed by atoms with E-state index in [0.29, 0.717) is 0 Å². The van der Waals surface area contributed by atoms with Gasteiger partial charge in [-0.1, -0.05) is 54.6 Å². The first-order chi connectivity index (χ1) is 15.8. The van der Waals surface area contributed by atoms with Crippen molar-refractivity contribution in [1.82, 2.24) is 4.98 Å². The van der Waals surface area contributed by atoms with Crippen LogP contribution in [0.2, 0.25) is 0 Å². The van der Waals surface area contributed by atoms with E-state index in [1.165, 1.54) is 19.2 Å². The van der Waals surface area contributed by atoms with Crippen LogP contribution in [0.4, 0.5) is 4.39 Å². The fourth-order valence-corrected chi connectivity index (χ4v) is 3.87. The lowest BCUT2D eigenvalue weighted by Gasteiger charge is -2.19. The second-order valence-corrected chi connectivity index (χ2v) is 7.92. The number of aryl methyl sites for hydroxylation is 2. The molecule has 3 rings (SSSR count). The topological polar surface area (TPSA) is 79.7 Å². The Balaban J connectivity index is 2.06. The lowest BCUT2D eigenvalue weighted by atomic mass is 9.88. The summed E-state index contributed by atoms with van der Waals surface area (Å²) in [6.07, 6.45) is 1.13. The van der Waals surface area contributed by atoms with Gasteiger partial charge in [-0.25, -0.2) is 4.39 Å². The monoisotopic (exact) mass is 449 g/mol. The molecule has 0 aliphatic carbocycles. The molecule has 0 aliphatic heterocycles. The van der Waals surface area contributed by atoms with Crippen LogP contribution in [0.5, 0.6) is 0 Å². The third kappa shape index (κ3) is 6.12. The van der Waals surface area contributed by atoms with E-state index < -0.39 is 18.2 Å². The van der Waals surface area contributed by atoms with Gasteiger partial charge in [0.15, 0.2) is 0 Å². The lowest BCUT2D eigenvalue weighted by molar-refractivity contribution is -0.143. The highest BCUT2D eigenvalue weighted by Crippen LogP contribution is 2.38. The van der Waals surface area contributed by atoms with Crippen molar-refractivity contribution in [2.45, 2.75) is 38.9 Å². The summed E-state index contributed by atoms with van der Waals surface area (Å²) in [5.41, 5.74) is 5.98. The Labute approximate surface area is 193 Å². The number of esters is 1. The highest BCUT2D eigenvalue weighted by molar-refractivity contribution is 5.91. The Hall–Kier alpha value is -3.35. The number of aliphatic hydroxyl groups is 2. The number of aliphatic hydroxyl groups excluding tert-OH is 2. The van der Waals surface area contributed by atoms with E-state index in [-0.39, 0.29) is 18.7 Å². The molecule has 172 valence electrons. The van der Waals surface area contributed by atoms with Gasteiger partial charge in [0.25, 0.3) is 0 Å². The number of rotatable bonds is 8. The SMILES string of the molecule is COC(=O)CC(O)CC(O)C=Cc1c(C)nc(C)c(-c2ccccc2)c1-c1ccc(F)cc1. The molecule has 0 bridgehead atoms. The van der Waals surface area contributed by atoms with Crippen molar-refractivity contribution in [3.63, 3.8) is 0 Å². The van der Waals surface area contributed by atoms with Crippen molar-refractivity contribution in [2.75, 3.05) is 7.11 Å². The van der Waals surface area contributed by atoms with Crippen molar-refractivity contribution in [1.29, 1.82) is 0 Å².